The fourth-order valence-electron chi connectivity index (χ4n) is 2.45. The molecule has 0 aliphatic carbocycles. The number of methoxy groups -OCH3 is 1. The Morgan fingerprint density at radius 2 is 2.13 bits per heavy atom. The number of pyridine rings is 1. The van der Waals surface area contributed by atoms with E-state index >= 15 is 0 Å². The highest BCUT2D eigenvalue weighted by Gasteiger charge is 2.20. The quantitative estimate of drug-likeness (QED) is 0.617. The van der Waals surface area contributed by atoms with E-state index in [1.54, 1.807) is 19.5 Å². The van der Waals surface area contributed by atoms with Crippen molar-refractivity contribution in [3.8, 4) is 23.0 Å². The average Bonchev–Trinajstić information content (AvgIpc) is 3.17. The summed E-state index contributed by atoms with van der Waals surface area (Å²) in [5.41, 5.74) is 8.65. The second-order valence-corrected chi connectivity index (χ2v) is 4.83. The first-order chi connectivity index (χ1) is 11.3. The van der Waals surface area contributed by atoms with Gasteiger partial charge in [0.1, 0.15) is 11.3 Å². The highest BCUT2D eigenvalue weighted by molar-refractivity contribution is 5.83. The molecule has 0 saturated carbocycles. The Morgan fingerprint density at radius 1 is 1.22 bits per heavy atom. The number of aromatic nitrogens is 5. The number of hydrogen-bond acceptors (Lipinski definition) is 7. The summed E-state index contributed by atoms with van der Waals surface area (Å²) in [7, 11) is 1.62. The molecule has 1 aromatic carbocycles. The summed E-state index contributed by atoms with van der Waals surface area (Å²) in [6.45, 7) is 0. The summed E-state index contributed by atoms with van der Waals surface area (Å²) in [5, 5.41) is 7.49. The molecule has 0 fully saturated rings. The number of ether oxygens (including phenoxy) is 1. The number of hydrogen-bond donors (Lipinski definition) is 1. The zero-order valence-electron chi connectivity index (χ0n) is 12.2. The minimum Gasteiger partial charge on any atom is -0.497 e. The van der Waals surface area contributed by atoms with E-state index in [0.717, 1.165) is 17.0 Å². The lowest BCUT2D eigenvalue weighted by atomic mass is 10.2. The summed E-state index contributed by atoms with van der Waals surface area (Å²) >= 11 is 0. The van der Waals surface area contributed by atoms with Crippen molar-refractivity contribution < 1.29 is 9.37 Å². The van der Waals surface area contributed by atoms with Crippen LogP contribution in [-0.4, -0.2) is 32.0 Å². The molecular weight excluding hydrogens is 296 g/mol. The number of imidazole rings is 1. The minimum atomic E-state index is 0.178. The third kappa shape index (κ3) is 2.08. The Bertz CT molecular complexity index is 990. The van der Waals surface area contributed by atoms with Crippen LogP contribution in [0.5, 0.6) is 5.75 Å². The van der Waals surface area contributed by atoms with Gasteiger partial charge in [0.2, 0.25) is 0 Å². The van der Waals surface area contributed by atoms with E-state index < -0.39 is 0 Å². The van der Waals surface area contributed by atoms with Crippen molar-refractivity contribution >= 4 is 16.9 Å². The molecular formula is C15H12N6O2. The van der Waals surface area contributed by atoms with Gasteiger partial charge in [-0.15, -0.1) is 0 Å². The van der Waals surface area contributed by atoms with Gasteiger partial charge in [0, 0.05) is 12.3 Å². The lowest BCUT2D eigenvalue weighted by molar-refractivity contribution is 0.310. The van der Waals surface area contributed by atoms with Crippen LogP contribution < -0.4 is 10.5 Å². The molecule has 8 nitrogen and oxygen atoms in total. The number of fused-ring (bicyclic) bond motifs is 1. The van der Waals surface area contributed by atoms with Crippen LogP contribution in [-0.2, 0) is 0 Å². The molecule has 23 heavy (non-hydrogen) atoms. The van der Waals surface area contributed by atoms with E-state index in [1.807, 2.05) is 34.9 Å². The van der Waals surface area contributed by atoms with Crippen LogP contribution in [0.15, 0.2) is 47.4 Å². The van der Waals surface area contributed by atoms with Gasteiger partial charge in [0.25, 0.3) is 0 Å². The zero-order chi connectivity index (χ0) is 15.8. The number of benzene rings is 1. The van der Waals surface area contributed by atoms with Crippen LogP contribution in [0.25, 0.3) is 28.2 Å². The van der Waals surface area contributed by atoms with Gasteiger partial charge in [-0.3, -0.25) is 9.55 Å². The van der Waals surface area contributed by atoms with Crippen molar-refractivity contribution in [1.82, 2.24) is 24.8 Å². The predicted octanol–water partition coefficient (Wildman–Crippen LogP) is 2.06. The molecule has 0 amide bonds. The first-order valence-corrected chi connectivity index (χ1v) is 6.83. The summed E-state index contributed by atoms with van der Waals surface area (Å²) < 4.78 is 11.9. The monoisotopic (exact) mass is 308 g/mol. The highest BCUT2D eigenvalue weighted by Crippen LogP contribution is 2.30. The third-order valence-electron chi connectivity index (χ3n) is 3.49. The van der Waals surface area contributed by atoms with Gasteiger partial charge in [-0.05, 0) is 28.5 Å². The smallest absolute Gasteiger partial charge is 0.199 e. The topological polar surface area (TPSA) is 105 Å². The van der Waals surface area contributed by atoms with Crippen molar-refractivity contribution in [2.24, 2.45) is 0 Å². The summed E-state index contributed by atoms with van der Waals surface area (Å²) in [5.74, 6) is 1.44. The molecule has 0 saturated heterocycles. The molecule has 4 aromatic rings. The summed E-state index contributed by atoms with van der Waals surface area (Å²) in [6.07, 6.45) is 3.38. The number of nitrogens with zero attached hydrogens (tertiary/aromatic N) is 5. The maximum Gasteiger partial charge on any atom is 0.199 e. The molecule has 3 heterocycles. The number of rotatable bonds is 3. The van der Waals surface area contributed by atoms with Gasteiger partial charge in [-0.2, -0.15) is 0 Å². The maximum atomic E-state index is 5.84. The number of nitrogens with two attached hydrogens (primary N) is 1. The molecule has 0 bridgehead atoms. The van der Waals surface area contributed by atoms with Gasteiger partial charge in [-0.1, -0.05) is 6.07 Å². The van der Waals surface area contributed by atoms with Gasteiger partial charge < -0.3 is 10.5 Å². The minimum absolute atomic E-state index is 0.178. The fraction of sp³-hybridized carbons (Fsp3) is 0.0667. The second kappa shape index (κ2) is 5.09. The van der Waals surface area contributed by atoms with Crippen LogP contribution in [0.4, 0.5) is 5.82 Å². The second-order valence-electron chi connectivity index (χ2n) is 4.83. The van der Waals surface area contributed by atoms with Crippen molar-refractivity contribution in [3.63, 3.8) is 0 Å². The summed E-state index contributed by atoms with van der Waals surface area (Å²) in [4.78, 5) is 8.67. The third-order valence-corrected chi connectivity index (χ3v) is 3.49. The maximum absolute atomic E-state index is 5.84. The van der Waals surface area contributed by atoms with E-state index in [2.05, 4.69) is 20.3 Å². The summed E-state index contributed by atoms with van der Waals surface area (Å²) in [6, 6.07) is 9.48. The fourth-order valence-corrected chi connectivity index (χ4v) is 2.45. The Balaban J connectivity index is 2.05. The highest BCUT2D eigenvalue weighted by atomic mass is 16.6. The SMILES string of the molecule is COc1cccc(-n2c(-c3nonc3N)nc3cnccc32)c1. The molecule has 4 rings (SSSR count). The van der Waals surface area contributed by atoms with Gasteiger partial charge in [-0.25, -0.2) is 9.61 Å². The standard InChI is InChI=1S/C15H12N6O2/c1-22-10-4-2-3-9(7-10)21-12-5-6-17-8-11(12)18-15(21)13-14(16)20-23-19-13/h2-8H,1H3,(H2,16,20). The van der Waals surface area contributed by atoms with Gasteiger partial charge in [0.05, 0.1) is 24.5 Å². The molecule has 3 aromatic heterocycles. The molecule has 0 aliphatic heterocycles. The number of nitrogen functional groups attached to an aromatic ring is 1. The molecule has 0 unspecified atom stereocenters. The van der Waals surface area contributed by atoms with Crippen molar-refractivity contribution in [2.45, 2.75) is 0 Å². The molecule has 0 aliphatic rings. The van der Waals surface area contributed by atoms with Crippen LogP contribution in [0.3, 0.4) is 0 Å². The lowest BCUT2D eigenvalue weighted by Gasteiger charge is -2.09. The Hall–Kier alpha value is -3.42. The van der Waals surface area contributed by atoms with Crippen LogP contribution >= 0.6 is 0 Å². The van der Waals surface area contributed by atoms with E-state index in [0.29, 0.717) is 17.0 Å². The van der Waals surface area contributed by atoms with Gasteiger partial charge in [0.15, 0.2) is 17.3 Å². The van der Waals surface area contributed by atoms with E-state index in [-0.39, 0.29) is 5.82 Å². The van der Waals surface area contributed by atoms with Crippen molar-refractivity contribution in [2.75, 3.05) is 12.8 Å². The van der Waals surface area contributed by atoms with Crippen LogP contribution in [0, 0.1) is 0 Å². The van der Waals surface area contributed by atoms with Crippen molar-refractivity contribution in [3.05, 3.63) is 42.7 Å². The molecule has 0 radical (unpaired) electrons. The van der Waals surface area contributed by atoms with E-state index in [9.17, 15) is 0 Å². The molecule has 114 valence electrons. The molecule has 2 N–H and O–H groups in total. The first kappa shape index (κ1) is 13.3. The first-order valence-electron chi connectivity index (χ1n) is 6.83. The van der Waals surface area contributed by atoms with Crippen LogP contribution in [0.1, 0.15) is 0 Å². The average molecular weight is 308 g/mol. The van der Waals surface area contributed by atoms with E-state index in [1.165, 1.54) is 0 Å². The lowest BCUT2D eigenvalue weighted by Crippen LogP contribution is -2.00. The Morgan fingerprint density at radius 3 is 2.91 bits per heavy atom. The van der Waals surface area contributed by atoms with E-state index in [4.69, 9.17) is 15.1 Å². The van der Waals surface area contributed by atoms with Gasteiger partial charge >= 0.3 is 0 Å². The Kier molecular flexibility index (Phi) is 2.94. The molecule has 8 heteroatoms. The van der Waals surface area contributed by atoms with Crippen LogP contribution in [0.2, 0.25) is 0 Å². The zero-order valence-corrected chi connectivity index (χ0v) is 12.2. The normalized spacial score (nSPS) is 11.0. The van der Waals surface area contributed by atoms with Crippen molar-refractivity contribution in [1.29, 1.82) is 0 Å². The molecule has 0 spiro atoms. The predicted molar refractivity (Wildman–Crippen MR) is 83.1 cm³/mol. The Labute approximate surface area is 130 Å². The molecule has 0 atom stereocenters. The largest absolute Gasteiger partial charge is 0.497 e. The number of anilines is 1.